The Morgan fingerprint density at radius 2 is 1.97 bits per heavy atom. The van der Waals surface area contributed by atoms with E-state index in [0.717, 1.165) is 10.1 Å². The molecule has 0 atom stereocenters. The van der Waals surface area contributed by atoms with Crippen LogP contribution in [-0.4, -0.2) is 35.0 Å². The molecule has 2 heterocycles. The molecule has 0 saturated carbocycles. The molecule has 0 unspecified atom stereocenters. The van der Waals surface area contributed by atoms with Gasteiger partial charge >= 0.3 is 0 Å². The fraction of sp³-hybridized carbons (Fsp3) is 0.111. The van der Waals surface area contributed by atoms with E-state index in [2.05, 4.69) is 26.0 Å². The van der Waals surface area contributed by atoms with Crippen LogP contribution in [0, 0.1) is 0 Å². The summed E-state index contributed by atoms with van der Waals surface area (Å²) in [4.78, 5) is 29.5. The molecule has 0 aliphatic carbocycles. The van der Waals surface area contributed by atoms with Gasteiger partial charge in [-0.05, 0) is 65.3 Å². The number of para-hydroxylation sites is 1. The lowest BCUT2D eigenvalue weighted by Gasteiger charge is -2.15. The monoisotopic (exact) mass is 628 g/mol. The molecule has 0 fully saturated rings. The third-order valence-electron chi connectivity index (χ3n) is 5.58. The van der Waals surface area contributed by atoms with Gasteiger partial charge in [0, 0.05) is 20.4 Å². The summed E-state index contributed by atoms with van der Waals surface area (Å²) in [5, 5.41) is 6.28. The Balaban J connectivity index is 1.67. The van der Waals surface area contributed by atoms with Gasteiger partial charge in [-0.3, -0.25) is 9.59 Å². The highest BCUT2D eigenvalue weighted by molar-refractivity contribution is 9.10. The first-order valence-corrected chi connectivity index (χ1v) is 13.1. The zero-order valence-corrected chi connectivity index (χ0v) is 23.4. The molecule has 2 aromatic heterocycles. The predicted octanol–water partition coefficient (Wildman–Crippen LogP) is 6.02. The fourth-order valence-electron chi connectivity index (χ4n) is 3.87. The van der Waals surface area contributed by atoms with Gasteiger partial charge < -0.3 is 19.6 Å². The number of nitrogens with two attached hydrogens (primary N) is 1. The summed E-state index contributed by atoms with van der Waals surface area (Å²) in [6.07, 6.45) is 1.43. The number of aromatic nitrogens is 2. The van der Waals surface area contributed by atoms with Crippen LogP contribution in [0.3, 0.4) is 0 Å². The van der Waals surface area contributed by atoms with Gasteiger partial charge in [0.2, 0.25) is 5.82 Å². The van der Waals surface area contributed by atoms with Crippen LogP contribution in [0.15, 0.2) is 73.4 Å². The Hall–Kier alpha value is -3.86. The van der Waals surface area contributed by atoms with Crippen LogP contribution in [0.1, 0.15) is 12.5 Å². The SMILES string of the molecule is CCOc1cc(C=Nn2c(-c3cc4cc(Cl)ccc4o3)nc3ccccc3c2=O)c(Br)c(Cl)c1OCC(N)=O. The van der Waals surface area contributed by atoms with E-state index >= 15 is 0 Å². The van der Waals surface area contributed by atoms with Crippen LogP contribution in [-0.2, 0) is 4.79 Å². The summed E-state index contributed by atoms with van der Waals surface area (Å²) in [5.41, 5.74) is 6.34. The first-order chi connectivity index (χ1) is 18.8. The highest BCUT2D eigenvalue weighted by Crippen LogP contribution is 2.42. The summed E-state index contributed by atoms with van der Waals surface area (Å²) in [7, 11) is 0. The maximum absolute atomic E-state index is 13.6. The summed E-state index contributed by atoms with van der Waals surface area (Å²) >= 11 is 16.1. The summed E-state index contributed by atoms with van der Waals surface area (Å²) in [6, 6.07) is 15.5. The molecular formula is C27H19BrCl2N4O5. The number of carbonyl (C=O) groups excluding carboxylic acids is 1. The molecule has 0 aliphatic heterocycles. The van der Waals surface area contributed by atoms with Crippen molar-refractivity contribution in [3.63, 3.8) is 0 Å². The average molecular weight is 630 g/mol. The molecule has 1 amide bonds. The standard InChI is InChI=1S/C27H19BrCl2N4O5/c1-2-37-20-11-15(23(28)24(30)25(20)38-13-22(31)35)12-32-34-26(33-18-6-4-3-5-17(18)27(34)36)21-10-14-9-16(29)7-8-19(14)39-21/h3-12H,2,13H2,1H3,(H2,31,35). The van der Waals surface area contributed by atoms with Crippen molar-refractivity contribution in [2.24, 2.45) is 10.8 Å². The quantitative estimate of drug-likeness (QED) is 0.209. The van der Waals surface area contributed by atoms with E-state index < -0.39 is 11.5 Å². The Labute approximate surface area is 239 Å². The summed E-state index contributed by atoms with van der Waals surface area (Å²) < 4.78 is 18.7. The van der Waals surface area contributed by atoms with E-state index in [0.29, 0.717) is 43.9 Å². The number of nitrogens with zero attached hydrogens (tertiary/aromatic N) is 3. The minimum atomic E-state index is -0.668. The van der Waals surface area contributed by atoms with Crippen LogP contribution < -0.4 is 20.8 Å². The molecule has 0 radical (unpaired) electrons. The maximum atomic E-state index is 13.6. The third-order valence-corrected chi connectivity index (χ3v) is 7.26. The summed E-state index contributed by atoms with van der Waals surface area (Å²) in [5.74, 6) is 0.267. The number of carbonyl (C=O) groups is 1. The number of amides is 1. The molecule has 198 valence electrons. The number of benzene rings is 3. The maximum Gasteiger partial charge on any atom is 0.282 e. The van der Waals surface area contributed by atoms with Crippen molar-refractivity contribution in [3.8, 4) is 23.1 Å². The van der Waals surface area contributed by atoms with Crippen LogP contribution in [0.25, 0.3) is 33.5 Å². The lowest BCUT2D eigenvalue weighted by Crippen LogP contribution is -2.20. The number of rotatable bonds is 8. The lowest BCUT2D eigenvalue weighted by atomic mass is 10.2. The van der Waals surface area contributed by atoms with Crippen LogP contribution in [0.5, 0.6) is 11.5 Å². The van der Waals surface area contributed by atoms with Gasteiger partial charge in [0.1, 0.15) is 10.6 Å². The number of fused-ring (bicyclic) bond motifs is 2. The number of primary amides is 1. The van der Waals surface area contributed by atoms with Gasteiger partial charge in [-0.15, -0.1) is 0 Å². The van der Waals surface area contributed by atoms with Crippen molar-refractivity contribution < 1.29 is 18.7 Å². The van der Waals surface area contributed by atoms with Gasteiger partial charge in [0.15, 0.2) is 23.9 Å². The van der Waals surface area contributed by atoms with Crippen LogP contribution >= 0.6 is 39.1 Å². The second-order valence-corrected chi connectivity index (χ2v) is 9.82. The van der Waals surface area contributed by atoms with Gasteiger partial charge in [-0.25, -0.2) is 4.98 Å². The number of halogens is 3. The van der Waals surface area contributed by atoms with Gasteiger partial charge in [-0.1, -0.05) is 35.3 Å². The minimum absolute atomic E-state index is 0.141. The normalized spacial score (nSPS) is 11.5. The van der Waals surface area contributed by atoms with Gasteiger partial charge in [0.05, 0.1) is 23.7 Å². The number of ether oxygens (including phenoxy) is 2. The van der Waals surface area contributed by atoms with Crippen molar-refractivity contribution in [2.75, 3.05) is 13.2 Å². The van der Waals surface area contributed by atoms with E-state index in [1.165, 1.54) is 6.21 Å². The zero-order chi connectivity index (χ0) is 27.7. The third kappa shape index (κ3) is 5.36. The van der Waals surface area contributed by atoms with E-state index in [1.54, 1.807) is 61.5 Å². The van der Waals surface area contributed by atoms with Crippen molar-refractivity contribution in [2.45, 2.75) is 6.92 Å². The Bertz CT molecular complexity index is 1830. The van der Waals surface area contributed by atoms with Crippen molar-refractivity contribution in [1.29, 1.82) is 0 Å². The molecule has 5 aromatic rings. The zero-order valence-electron chi connectivity index (χ0n) is 20.3. The molecule has 0 saturated heterocycles. The van der Waals surface area contributed by atoms with Crippen LogP contribution in [0.2, 0.25) is 10.0 Å². The minimum Gasteiger partial charge on any atom is -0.490 e. The second kappa shape index (κ2) is 11.1. The summed E-state index contributed by atoms with van der Waals surface area (Å²) in [6.45, 7) is 1.70. The highest BCUT2D eigenvalue weighted by atomic mass is 79.9. The molecule has 2 N–H and O–H groups in total. The first kappa shape index (κ1) is 26.7. The predicted molar refractivity (Wildman–Crippen MR) is 154 cm³/mol. The molecular weight excluding hydrogens is 611 g/mol. The molecule has 5 rings (SSSR count). The molecule has 9 nitrogen and oxygen atoms in total. The van der Waals surface area contributed by atoms with Gasteiger partial charge in [0.25, 0.3) is 11.5 Å². The molecule has 0 bridgehead atoms. The average Bonchev–Trinajstić information content (AvgIpc) is 3.33. The Morgan fingerprint density at radius 1 is 1.18 bits per heavy atom. The number of hydrogen-bond donors (Lipinski definition) is 1. The topological polar surface area (TPSA) is 122 Å². The van der Waals surface area contributed by atoms with Crippen molar-refractivity contribution in [3.05, 3.63) is 85.0 Å². The lowest BCUT2D eigenvalue weighted by molar-refractivity contribution is -0.119. The molecule has 0 spiro atoms. The second-order valence-electron chi connectivity index (χ2n) is 8.22. The highest BCUT2D eigenvalue weighted by Gasteiger charge is 2.20. The van der Waals surface area contributed by atoms with E-state index in [-0.39, 0.29) is 29.0 Å². The van der Waals surface area contributed by atoms with Gasteiger partial charge in [-0.2, -0.15) is 9.78 Å². The largest absolute Gasteiger partial charge is 0.490 e. The van der Waals surface area contributed by atoms with Crippen LogP contribution in [0.4, 0.5) is 0 Å². The van der Waals surface area contributed by atoms with Crippen molar-refractivity contribution >= 4 is 73.1 Å². The van der Waals surface area contributed by atoms with Crippen molar-refractivity contribution in [1.82, 2.24) is 9.66 Å². The van der Waals surface area contributed by atoms with E-state index in [1.807, 2.05) is 0 Å². The van der Waals surface area contributed by atoms with E-state index in [9.17, 15) is 9.59 Å². The molecule has 0 aliphatic rings. The smallest absolute Gasteiger partial charge is 0.282 e. The Morgan fingerprint density at radius 3 is 2.74 bits per heavy atom. The molecule has 12 heteroatoms. The Kier molecular flexibility index (Phi) is 7.60. The number of furan rings is 1. The molecule has 3 aromatic carbocycles. The molecule has 39 heavy (non-hydrogen) atoms. The number of hydrogen-bond acceptors (Lipinski definition) is 7. The van der Waals surface area contributed by atoms with E-state index in [4.69, 9.17) is 42.8 Å². The fourth-order valence-corrected chi connectivity index (χ4v) is 4.71. The first-order valence-electron chi connectivity index (χ1n) is 11.6.